The van der Waals surface area contributed by atoms with Crippen LogP contribution in [0.15, 0.2) is 33.6 Å². The van der Waals surface area contributed by atoms with E-state index in [1.165, 1.54) is 19.2 Å². The second kappa shape index (κ2) is 7.02. The van der Waals surface area contributed by atoms with Crippen molar-refractivity contribution in [3.63, 3.8) is 0 Å². The minimum Gasteiger partial charge on any atom is -0.466 e. The molecule has 0 atom stereocenters. The number of nitrogens with zero attached hydrogens (tertiary/aromatic N) is 1. The molecule has 5 nitrogen and oxygen atoms in total. The fourth-order valence-corrected chi connectivity index (χ4v) is 3.18. The van der Waals surface area contributed by atoms with Crippen molar-refractivity contribution in [1.29, 1.82) is 0 Å². The van der Waals surface area contributed by atoms with Gasteiger partial charge in [0.25, 0.3) is 0 Å². The van der Waals surface area contributed by atoms with Gasteiger partial charge in [-0.2, -0.15) is 0 Å². The summed E-state index contributed by atoms with van der Waals surface area (Å²) in [5.41, 5.74) is 0. The molecule has 106 valence electrons. The second-order valence-corrected chi connectivity index (χ2v) is 6.80. The number of hydrogen-bond acceptors (Lipinski definition) is 4. The van der Waals surface area contributed by atoms with Gasteiger partial charge in [0.1, 0.15) is 0 Å². The lowest BCUT2D eigenvalue weighted by atomic mass is 10.4. The van der Waals surface area contributed by atoms with Gasteiger partial charge in [0.05, 0.1) is 17.9 Å². The first-order chi connectivity index (χ1) is 8.87. The van der Waals surface area contributed by atoms with Crippen molar-refractivity contribution in [3.05, 3.63) is 28.7 Å². The number of carbonyl (C=O) groups excluding carboxylic acids is 1. The van der Waals surface area contributed by atoms with Gasteiger partial charge in [-0.15, -0.1) is 0 Å². The van der Waals surface area contributed by atoms with Crippen molar-refractivity contribution in [3.8, 4) is 0 Å². The average Bonchev–Trinajstić information content (AvgIpc) is 2.36. The fourth-order valence-electron chi connectivity index (χ4n) is 1.41. The number of carbonyl (C=O) groups is 1. The third-order valence-electron chi connectivity index (χ3n) is 2.44. The highest BCUT2D eigenvalue weighted by Gasteiger charge is 2.21. The monoisotopic (exact) mass is 349 g/mol. The van der Waals surface area contributed by atoms with E-state index in [0.717, 1.165) is 4.31 Å². The average molecular weight is 350 g/mol. The van der Waals surface area contributed by atoms with E-state index in [1.807, 2.05) is 0 Å². The van der Waals surface area contributed by atoms with Crippen molar-refractivity contribution >= 4 is 31.9 Å². The van der Waals surface area contributed by atoms with Crippen LogP contribution in [-0.4, -0.2) is 38.9 Å². The Morgan fingerprint density at radius 3 is 2.68 bits per heavy atom. The number of esters is 1. The van der Waals surface area contributed by atoms with Crippen LogP contribution < -0.4 is 0 Å². The van der Waals surface area contributed by atoms with Crippen LogP contribution in [-0.2, 0) is 19.6 Å². The Bertz CT molecular complexity index is 544. The number of rotatable bonds is 6. The van der Waals surface area contributed by atoms with Gasteiger partial charge in [0.15, 0.2) is 0 Å². The first kappa shape index (κ1) is 16.1. The molecule has 7 heteroatoms. The Hall–Kier alpha value is -0.920. The summed E-state index contributed by atoms with van der Waals surface area (Å²) in [5, 5.41) is 0. The number of hydrogen-bond donors (Lipinski definition) is 0. The van der Waals surface area contributed by atoms with Gasteiger partial charge in [-0.1, -0.05) is 22.0 Å². The van der Waals surface area contributed by atoms with E-state index in [1.54, 1.807) is 19.1 Å². The van der Waals surface area contributed by atoms with Crippen LogP contribution in [0.5, 0.6) is 0 Å². The first-order valence-corrected chi connectivity index (χ1v) is 7.98. The fraction of sp³-hybridized carbons (Fsp3) is 0.417. The molecule has 1 aromatic rings. The lowest BCUT2D eigenvalue weighted by Crippen LogP contribution is -2.29. The minimum atomic E-state index is -3.58. The highest BCUT2D eigenvalue weighted by atomic mass is 79.9. The summed E-state index contributed by atoms with van der Waals surface area (Å²) in [6.45, 7) is 2.09. The molecule has 1 rings (SSSR count). The lowest BCUT2D eigenvalue weighted by Gasteiger charge is -2.16. The van der Waals surface area contributed by atoms with Crippen molar-refractivity contribution in [2.75, 3.05) is 20.2 Å². The summed E-state index contributed by atoms with van der Waals surface area (Å²) in [6.07, 6.45) is 0.0393. The largest absolute Gasteiger partial charge is 0.466 e. The van der Waals surface area contributed by atoms with Crippen molar-refractivity contribution < 1.29 is 17.9 Å². The molecule has 0 unspecified atom stereocenters. The van der Waals surface area contributed by atoms with E-state index in [4.69, 9.17) is 4.74 Å². The molecule has 0 N–H and O–H groups in total. The van der Waals surface area contributed by atoms with E-state index >= 15 is 0 Å². The number of halogens is 1. The molecule has 0 bridgehead atoms. The van der Waals surface area contributed by atoms with Gasteiger partial charge in [-0.05, 0) is 25.1 Å². The van der Waals surface area contributed by atoms with Crippen LogP contribution in [0.1, 0.15) is 13.3 Å². The van der Waals surface area contributed by atoms with Crippen molar-refractivity contribution in [1.82, 2.24) is 4.31 Å². The predicted molar refractivity (Wildman–Crippen MR) is 75.2 cm³/mol. The van der Waals surface area contributed by atoms with Gasteiger partial charge < -0.3 is 4.74 Å². The standard InChI is InChI=1S/C12H16BrNO4S/c1-3-18-12(15)7-8-14(2)19(16,17)11-6-4-5-10(13)9-11/h4-6,9H,3,7-8H2,1-2H3. The zero-order valence-electron chi connectivity index (χ0n) is 10.8. The van der Waals surface area contributed by atoms with Crippen molar-refractivity contribution in [2.45, 2.75) is 18.2 Å². The Labute approximate surface area is 121 Å². The van der Waals surface area contributed by atoms with Crippen LogP contribution >= 0.6 is 15.9 Å². The zero-order valence-corrected chi connectivity index (χ0v) is 13.2. The number of sulfonamides is 1. The molecule has 0 radical (unpaired) electrons. The highest BCUT2D eigenvalue weighted by Crippen LogP contribution is 2.19. The summed E-state index contributed by atoms with van der Waals surface area (Å²) in [5.74, 6) is -0.404. The molecular formula is C12H16BrNO4S. The highest BCUT2D eigenvalue weighted by molar-refractivity contribution is 9.10. The summed E-state index contributed by atoms with van der Waals surface area (Å²) < 4.78 is 31.0. The normalized spacial score (nSPS) is 11.6. The maximum absolute atomic E-state index is 12.2. The molecular weight excluding hydrogens is 334 g/mol. The smallest absolute Gasteiger partial charge is 0.307 e. The maximum atomic E-state index is 12.2. The van der Waals surface area contributed by atoms with Crippen molar-refractivity contribution in [2.24, 2.45) is 0 Å². The van der Waals surface area contributed by atoms with Crippen LogP contribution in [0.3, 0.4) is 0 Å². The van der Waals surface area contributed by atoms with Crippen LogP contribution in [0, 0.1) is 0 Å². The molecule has 0 saturated carbocycles. The van der Waals surface area contributed by atoms with E-state index in [-0.39, 0.29) is 17.9 Å². The zero-order chi connectivity index (χ0) is 14.5. The Morgan fingerprint density at radius 2 is 2.11 bits per heavy atom. The molecule has 0 heterocycles. The molecule has 0 saturated heterocycles. The maximum Gasteiger partial charge on any atom is 0.307 e. The molecule has 0 aliphatic heterocycles. The van der Waals surface area contributed by atoms with Crippen LogP contribution in [0.4, 0.5) is 0 Å². The van der Waals surface area contributed by atoms with Gasteiger partial charge in [-0.25, -0.2) is 12.7 Å². The molecule has 0 aliphatic rings. The van der Waals surface area contributed by atoms with E-state index < -0.39 is 16.0 Å². The van der Waals surface area contributed by atoms with Crippen LogP contribution in [0.2, 0.25) is 0 Å². The first-order valence-electron chi connectivity index (χ1n) is 5.75. The van der Waals surface area contributed by atoms with Gasteiger partial charge in [0, 0.05) is 18.1 Å². The molecule has 0 aromatic heterocycles. The van der Waals surface area contributed by atoms with Gasteiger partial charge >= 0.3 is 5.97 Å². The number of ether oxygens (including phenoxy) is 1. The third kappa shape index (κ3) is 4.59. The van der Waals surface area contributed by atoms with E-state index in [0.29, 0.717) is 11.1 Å². The van der Waals surface area contributed by atoms with Crippen LogP contribution in [0.25, 0.3) is 0 Å². The number of benzene rings is 1. The van der Waals surface area contributed by atoms with E-state index in [2.05, 4.69) is 15.9 Å². The third-order valence-corrected chi connectivity index (χ3v) is 4.79. The van der Waals surface area contributed by atoms with E-state index in [9.17, 15) is 13.2 Å². The second-order valence-electron chi connectivity index (χ2n) is 3.84. The minimum absolute atomic E-state index is 0.0393. The molecule has 0 fully saturated rings. The summed E-state index contributed by atoms with van der Waals surface area (Å²) in [6, 6.07) is 6.44. The topological polar surface area (TPSA) is 63.7 Å². The van der Waals surface area contributed by atoms with Gasteiger partial charge in [-0.3, -0.25) is 4.79 Å². The van der Waals surface area contributed by atoms with Gasteiger partial charge in [0.2, 0.25) is 10.0 Å². The predicted octanol–water partition coefficient (Wildman–Crippen LogP) is 2.02. The molecule has 1 aromatic carbocycles. The lowest BCUT2D eigenvalue weighted by molar-refractivity contribution is -0.143. The molecule has 0 aliphatic carbocycles. The quantitative estimate of drug-likeness (QED) is 0.737. The molecule has 0 spiro atoms. The summed E-state index contributed by atoms with van der Waals surface area (Å²) in [4.78, 5) is 11.4. The Kier molecular flexibility index (Phi) is 5.96. The SMILES string of the molecule is CCOC(=O)CCN(C)S(=O)(=O)c1cccc(Br)c1. The Balaban J connectivity index is 2.75. The Morgan fingerprint density at radius 1 is 1.42 bits per heavy atom. The molecule has 0 amide bonds. The molecule has 19 heavy (non-hydrogen) atoms. The summed E-state index contributed by atoms with van der Waals surface area (Å²) >= 11 is 3.23. The summed E-state index contributed by atoms with van der Waals surface area (Å²) in [7, 11) is -2.14.